The third-order valence-corrected chi connectivity index (χ3v) is 4.34. The second kappa shape index (κ2) is 5.56. The van der Waals surface area contributed by atoms with Gasteiger partial charge in [-0.3, -0.25) is 4.79 Å². The number of carbonyl (C=O) groups excluding carboxylic acids is 1. The second-order valence-corrected chi connectivity index (χ2v) is 5.79. The van der Waals surface area contributed by atoms with Crippen LogP contribution in [-0.2, 0) is 4.79 Å². The van der Waals surface area contributed by atoms with Crippen molar-refractivity contribution in [2.75, 3.05) is 13.1 Å². The number of aromatic nitrogens is 1. The number of aliphatic carboxylic acids is 1. The maximum absolute atomic E-state index is 12.1. The van der Waals surface area contributed by atoms with E-state index in [9.17, 15) is 9.59 Å². The van der Waals surface area contributed by atoms with Gasteiger partial charge in [0.25, 0.3) is 0 Å². The molecule has 6 nitrogen and oxygen atoms in total. The van der Waals surface area contributed by atoms with Crippen LogP contribution in [0.1, 0.15) is 24.9 Å². The molecule has 1 aromatic heterocycles. The Morgan fingerprint density at radius 2 is 2.32 bits per heavy atom. The van der Waals surface area contributed by atoms with E-state index in [1.807, 2.05) is 19.2 Å². The molecule has 1 fully saturated rings. The number of urea groups is 1. The molecule has 1 aliphatic rings. The Hall–Kier alpha value is -1.63. The first-order valence-corrected chi connectivity index (χ1v) is 7.04. The lowest BCUT2D eigenvalue weighted by Gasteiger charge is -2.19. The number of nitrogens with zero attached hydrogens (tertiary/aromatic N) is 2. The fourth-order valence-electron chi connectivity index (χ4n) is 2.24. The number of carboxylic acid groups (broad SMARTS) is 1. The Morgan fingerprint density at radius 3 is 2.84 bits per heavy atom. The predicted molar refractivity (Wildman–Crippen MR) is 70.9 cm³/mol. The Morgan fingerprint density at radius 1 is 1.58 bits per heavy atom. The van der Waals surface area contributed by atoms with Crippen LogP contribution in [0.3, 0.4) is 0 Å². The lowest BCUT2D eigenvalue weighted by molar-refractivity contribution is -0.142. The van der Waals surface area contributed by atoms with E-state index in [0.29, 0.717) is 6.54 Å². The molecule has 3 atom stereocenters. The van der Waals surface area contributed by atoms with Crippen molar-refractivity contribution in [3.8, 4) is 0 Å². The van der Waals surface area contributed by atoms with E-state index < -0.39 is 11.9 Å². The highest BCUT2D eigenvalue weighted by Crippen LogP contribution is 2.24. The van der Waals surface area contributed by atoms with Crippen LogP contribution >= 0.6 is 11.3 Å². The maximum atomic E-state index is 12.1. The van der Waals surface area contributed by atoms with E-state index >= 15 is 0 Å². The van der Waals surface area contributed by atoms with Crippen LogP contribution in [0.5, 0.6) is 0 Å². The molecule has 3 unspecified atom stereocenters. The summed E-state index contributed by atoms with van der Waals surface area (Å²) in [4.78, 5) is 28.8. The summed E-state index contributed by atoms with van der Waals surface area (Å²) in [5.74, 6) is -1.32. The van der Waals surface area contributed by atoms with E-state index in [-0.39, 0.29) is 24.5 Å². The number of nitrogens with one attached hydrogen (secondary N) is 1. The zero-order valence-corrected chi connectivity index (χ0v) is 11.7. The maximum Gasteiger partial charge on any atom is 0.317 e. The first kappa shape index (κ1) is 13.8. The van der Waals surface area contributed by atoms with Gasteiger partial charge in [-0.1, -0.05) is 6.92 Å². The number of amides is 2. The van der Waals surface area contributed by atoms with Gasteiger partial charge in [0.15, 0.2) is 0 Å². The Balaban J connectivity index is 1.93. The Kier molecular flexibility index (Phi) is 4.04. The highest BCUT2D eigenvalue weighted by atomic mass is 32.1. The topological polar surface area (TPSA) is 82.5 Å². The van der Waals surface area contributed by atoms with E-state index in [0.717, 1.165) is 5.01 Å². The average Bonchev–Trinajstić information content (AvgIpc) is 2.96. The van der Waals surface area contributed by atoms with Gasteiger partial charge in [-0.2, -0.15) is 0 Å². The zero-order chi connectivity index (χ0) is 14.0. The van der Waals surface area contributed by atoms with Crippen LogP contribution in [0.15, 0.2) is 11.6 Å². The van der Waals surface area contributed by atoms with Crippen LogP contribution in [0, 0.1) is 11.8 Å². The molecule has 1 aliphatic heterocycles. The lowest BCUT2D eigenvalue weighted by Crippen LogP contribution is -2.40. The summed E-state index contributed by atoms with van der Waals surface area (Å²) in [6.07, 6.45) is 1.70. The van der Waals surface area contributed by atoms with Crippen molar-refractivity contribution in [1.29, 1.82) is 0 Å². The van der Waals surface area contributed by atoms with Crippen LogP contribution < -0.4 is 5.32 Å². The first-order chi connectivity index (χ1) is 8.99. The van der Waals surface area contributed by atoms with Gasteiger partial charge < -0.3 is 15.3 Å². The number of thiazole rings is 1. The van der Waals surface area contributed by atoms with E-state index in [2.05, 4.69) is 10.3 Å². The number of carboxylic acids is 1. The molecule has 2 heterocycles. The third kappa shape index (κ3) is 3.04. The van der Waals surface area contributed by atoms with Crippen LogP contribution in [0.25, 0.3) is 0 Å². The summed E-state index contributed by atoms with van der Waals surface area (Å²) in [7, 11) is 0. The summed E-state index contributed by atoms with van der Waals surface area (Å²) >= 11 is 1.48. The Bertz CT molecular complexity index is 463. The van der Waals surface area contributed by atoms with Crippen molar-refractivity contribution in [1.82, 2.24) is 15.2 Å². The minimum absolute atomic E-state index is 0.0154. The van der Waals surface area contributed by atoms with Gasteiger partial charge >= 0.3 is 12.0 Å². The Labute approximate surface area is 115 Å². The molecule has 0 radical (unpaired) electrons. The molecule has 2 rings (SSSR count). The van der Waals surface area contributed by atoms with E-state index in [1.54, 1.807) is 11.1 Å². The molecule has 2 amide bonds. The fraction of sp³-hybridized carbons (Fsp3) is 0.583. The molecule has 19 heavy (non-hydrogen) atoms. The van der Waals surface area contributed by atoms with Gasteiger partial charge in [0.05, 0.1) is 12.0 Å². The van der Waals surface area contributed by atoms with E-state index in [4.69, 9.17) is 5.11 Å². The number of hydrogen-bond donors (Lipinski definition) is 2. The molecular weight excluding hydrogens is 266 g/mol. The second-order valence-electron chi connectivity index (χ2n) is 4.87. The van der Waals surface area contributed by atoms with Crippen molar-refractivity contribution in [2.24, 2.45) is 11.8 Å². The van der Waals surface area contributed by atoms with Crippen molar-refractivity contribution >= 4 is 23.3 Å². The summed E-state index contributed by atoms with van der Waals surface area (Å²) in [6.45, 7) is 4.47. The van der Waals surface area contributed by atoms with Gasteiger partial charge in [-0.05, 0) is 12.8 Å². The SMILES string of the molecule is CC(NC(=O)N1CC(C)C(C(=O)O)C1)c1nccs1. The summed E-state index contributed by atoms with van der Waals surface area (Å²) < 4.78 is 0. The van der Waals surface area contributed by atoms with Gasteiger partial charge in [-0.15, -0.1) is 11.3 Å². The monoisotopic (exact) mass is 283 g/mol. The van der Waals surface area contributed by atoms with Crippen molar-refractivity contribution in [3.63, 3.8) is 0 Å². The average molecular weight is 283 g/mol. The smallest absolute Gasteiger partial charge is 0.317 e. The zero-order valence-electron chi connectivity index (χ0n) is 10.9. The largest absolute Gasteiger partial charge is 0.481 e. The van der Waals surface area contributed by atoms with Gasteiger partial charge in [-0.25, -0.2) is 9.78 Å². The van der Waals surface area contributed by atoms with Gasteiger partial charge in [0, 0.05) is 24.7 Å². The normalized spacial score (nSPS) is 24.2. The summed E-state index contributed by atoms with van der Waals surface area (Å²) in [5, 5.41) is 14.6. The lowest BCUT2D eigenvalue weighted by atomic mass is 9.99. The summed E-state index contributed by atoms with van der Waals surface area (Å²) in [6, 6.07) is -0.384. The predicted octanol–water partition coefficient (Wildman–Crippen LogP) is 1.57. The first-order valence-electron chi connectivity index (χ1n) is 6.16. The van der Waals surface area contributed by atoms with Crippen molar-refractivity contribution in [2.45, 2.75) is 19.9 Å². The molecule has 0 spiro atoms. The van der Waals surface area contributed by atoms with Crippen LogP contribution in [0.4, 0.5) is 4.79 Å². The standard InChI is InChI=1S/C12H17N3O3S/c1-7-5-15(6-9(7)11(16)17)12(18)14-8(2)10-13-3-4-19-10/h3-4,7-9H,5-6H2,1-2H3,(H,14,18)(H,16,17). The molecular formula is C12H17N3O3S. The number of likely N-dealkylation sites (tertiary alicyclic amines) is 1. The molecule has 0 aromatic carbocycles. The highest BCUT2D eigenvalue weighted by Gasteiger charge is 2.37. The number of rotatable bonds is 3. The van der Waals surface area contributed by atoms with E-state index in [1.165, 1.54) is 11.3 Å². The van der Waals surface area contributed by atoms with Gasteiger partial charge in [0.1, 0.15) is 5.01 Å². The highest BCUT2D eigenvalue weighted by molar-refractivity contribution is 7.09. The minimum Gasteiger partial charge on any atom is -0.481 e. The number of carbonyl (C=O) groups is 2. The third-order valence-electron chi connectivity index (χ3n) is 3.38. The summed E-state index contributed by atoms with van der Waals surface area (Å²) in [5.41, 5.74) is 0. The molecule has 1 aromatic rings. The van der Waals surface area contributed by atoms with Gasteiger partial charge in [0.2, 0.25) is 0 Å². The molecule has 0 bridgehead atoms. The molecule has 2 N–H and O–H groups in total. The quantitative estimate of drug-likeness (QED) is 0.882. The molecule has 0 aliphatic carbocycles. The molecule has 104 valence electrons. The van der Waals surface area contributed by atoms with Crippen LogP contribution in [-0.4, -0.2) is 40.1 Å². The molecule has 1 saturated heterocycles. The molecule has 0 saturated carbocycles. The minimum atomic E-state index is -0.837. The number of hydrogen-bond acceptors (Lipinski definition) is 4. The van der Waals surface area contributed by atoms with Crippen LogP contribution in [0.2, 0.25) is 0 Å². The molecule has 7 heteroatoms. The van der Waals surface area contributed by atoms with Crippen molar-refractivity contribution in [3.05, 3.63) is 16.6 Å². The fourth-order valence-corrected chi connectivity index (χ4v) is 2.89. The van der Waals surface area contributed by atoms with Crippen molar-refractivity contribution < 1.29 is 14.7 Å².